The number of carboxylic acids is 1. The normalized spacial score (nSPS) is 10.6. The van der Waals surface area contributed by atoms with Crippen molar-refractivity contribution in [2.45, 2.75) is 0 Å². The molecule has 2 N–H and O–H groups in total. The zero-order valence-corrected chi connectivity index (χ0v) is 10.6. The lowest BCUT2D eigenvalue weighted by Gasteiger charge is -2.01. The molecule has 2 aromatic rings. The van der Waals surface area contributed by atoms with Crippen molar-refractivity contribution >= 4 is 29.5 Å². The van der Waals surface area contributed by atoms with Crippen molar-refractivity contribution in [3.63, 3.8) is 0 Å². The highest BCUT2D eigenvalue weighted by molar-refractivity contribution is 6.30. The predicted molar refractivity (Wildman–Crippen MR) is 76.1 cm³/mol. The second kappa shape index (κ2) is 6.02. The molecular formula is C14H11ClN2O2. The topological polar surface area (TPSA) is 61.7 Å². The van der Waals surface area contributed by atoms with Gasteiger partial charge in [0.15, 0.2) is 0 Å². The number of hydrogen-bond acceptors (Lipinski definition) is 3. The molecule has 0 fully saturated rings. The van der Waals surface area contributed by atoms with Gasteiger partial charge in [-0.2, -0.15) is 5.10 Å². The Bertz CT molecular complexity index is 626. The first-order chi connectivity index (χ1) is 9.16. The Balaban J connectivity index is 2.13. The molecule has 19 heavy (non-hydrogen) atoms. The van der Waals surface area contributed by atoms with Gasteiger partial charge in [0.25, 0.3) is 0 Å². The third kappa shape index (κ3) is 3.56. The molecule has 0 aliphatic rings. The molecule has 0 unspecified atom stereocenters. The number of aromatic carboxylic acids is 1. The van der Waals surface area contributed by atoms with Gasteiger partial charge in [-0.25, -0.2) is 4.79 Å². The van der Waals surface area contributed by atoms with Gasteiger partial charge in [-0.15, -0.1) is 0 Å². The Morgan fingerprint density at radius 2 is 2.00 bits per heavy atom. The number of nitrogens with zero attached hydrogens (tertiary/aromatic N) is 1. The van der Waals surface area contributed by atoms with E-state index in [4.69, 9.17) is 16.7 Å². The van der Waals surface area contributed by atoms with Gasteiger partial charge < -0.3 is 5.11 Å². The van der Waals surface area contributed by atoms with Crippen molar-refractivity contribution in [2.24, 2.45) is 5.10 Å². The fourth-order valence-electron chi connectivity index (χ4n) is 1.54. The van der Waals surface area contributed by atoms with Crippen LogP contribution in [-0.4, -0.2) is 17.3 Å². The molecular weight excluding hydrogens is 264 g/mol. The van der Waals surface area contributed by atoms with Crippen molar-refractivity contribution in [3.05, 3.63) is 64.7 Å². The second-order valence-corrected chi connectivity index (χ2v) is 4.21. The number of carbonyl (C=O) groups is 1. The van der Waals surface area contributed by atoms with E-state index in [0.717, 1.165) is 5.69 Å². The predicted octanol–water partition coefficient (Wildman–Crippen LogP) is 3.48. The summed E-state index contributed by atoms with van der Waals surface area (Å²) in [6, 6.07) is 13.7. The lowest BCUT2D eigenvalue weighted by atomic mass is 10.1. The first kappa shape index (κ1) is 13.1. The minimum Gasteiger partial charge on any atom is -0.478 e. The monoisotopic (exact) mass is 274 g/mol. The van der Waals surface area contributed by atoms with Crippen LogP contribution in [0.5, 0.6) is 0 Å². The molecule has 0 amide bonds. The molecule has 2 rings (SSSR count). The Labute approximate surface area is 115 Å². The van der Waals surface area contributed by atoms with Crippen LogP contribution in [0, 0.1) is 0 Å². The van der Waals surface area contributed by atoms with Gasteiger partial charge >= 0.3 is 5.97 Å². The van der Waals surface area contributed by atoms with E-state index in [1.807, 2.05) is 6.07 Å². The summed E-state index contributed by atoms with van der Waals surface area (Å²) in [5.74, 6) is -0.982. The van der Waals surface area contributed by atoms with Gasteiger partial charge in [-0.1, -0.05) is 35.9 Å². The van der Waals surface area contributed by atoms with E-state index in [0.29, 0.717) is 10.6 Å². The minimum absolute atomic E-state index is 0.208. The Morgan fingerprint density at radius 3 is 2.74 bits per heavy atom. The summed E-state index contributed by atoms with van der Waals surface area (Å²) >= 11 is 5.84. The lowest BCUT2D eigenvalue weighted by Crippen LogP contribution is -2.02. The van der Waals surface area contributed by atoms with E-state index in [1.54, 1.807) is 36.4 Å². The number of rotatable bonds is 4. The van der Waals surface area contributed by atoms with Crippen molar-refractivity contribution < 1.29 is 9.90 Å². The quantitative estimate of drug-likeness (QED) is 0.663. The van der Waals surface area contributed by atoms with Gasteiger partial charge in [0.2, 0.25) is 0 Å². The van der Waals surface area contributed by atoms with Gasteiger partial charge in [-0.05, 0) is 24.3 Å². The molecule has 0 aliphatic carbocycles. The Kier molecular flexibility index (Phi) is 4.15. The molecule has 96 valence electrons. The first-order valence-corrected chi connectivity index (χ1v) is 5.91. The number of hydrogen-bond donors (Lipinski definition) is 2. The molecule has 0 aromatic heterocycles. The van der Waals surface area contributed by atoms with Crippen LogP contribution in [0.3, 0.4) is 0 Å². The standard InChI is InChI=1S/C14H11ClN2O2/c15-11-5-3-6-12(8-11)17-16-9-10-4-1-2-7-13(10)14(18)19/h1-9,17H,(H,18,19). The third-order valence-electron chi connectivity index (χ3n) is 2.41. The van der Waals surface area contributed by atoms with E-state index in [2.05, 4.69) is 10.5 Å². The molecule has 0 heterocycles. The zero-order valence-electron chi connectivity index (χ0n) is 9.88. The molecule has 0 atom stereocenters. The van der Waals surface area contributed by atoms with Crippen LogP contribution in [-0.2, 0) is 0 Å². The number of hydrazone groups is 1. The summed E-state index contributed by atoms with van der Waals surface area (Å²) in [7, 11) is 0. The Hall–Kier alpha value is -2.33. The van der Waals surface area contributed by atoms with Crippen LogP contribution in [0.15, 0.2) is 53.6 Å². The molecule has 4 nitrogen and oxygen atoms in total. The van der Waals surface area contributed by atoms with Gasteiger partial charge in [0.1, 0.15) is 0 Å². The van der Waals surface area contributed by atoms with Crippen LogP contribution in [0.4, 0.5) is 5.69 Å². The highest BCUT2D eigenvalue weighted by atomic mass is 35.5. The maximum Gasteiger partial charge on any atom is 0.336 e. The lowest BCUT2D eigenvalue weighted by molar-refractivity contribution is 0.0697. The molecule has 0 saturated heterocycles. The summed E-state index contributed by atoms with van der Waals surface area (Å²) in [5, 5.41) is 13.6. The summed E-state index contributed by atoms with van der Waals surface area (Å²) < 4.78 is 0. The van der Waals surface area contributed by atoms with Gasteiger partial charge in [-0.3, -0.25) is 5.43 Å². The van der Waals surface area contributed by atoms with E-state index < -0.39 is 5.97 Å². The summed E-state index contributed by atoms with van der Waals surface area (Å²) in [4.78, 5) is 11.0. The third-order valence-corrected chi connectivity index (χ3v) is 2.65. The van der Waals surface area contributed by atoms with Crippen LogP contribution >= 0.6 is 11.6 Å². The number of benzene rings is 2. The van der Waals surface area contributed by atoms with E-state index in [1.165, 1.54) is 12.3 Å². The van der Waals surface area contributed by atoms with Crippen LogP contribution in [0.25, 0.3) is 0 Å². The molecule has 0 saturated carbocycles. The maximum atomic E-state index is 11.0. The van der Waals surface area contributed by atoms with Gasteiger partial charge in [0, 0.05) is 10.6 Å². The minimum atomic E-state index is -0.982. The van der Waals surface area contributed by atoms with Crippen LogP contribution in [0.2, 0.25) is 5.02 Å². The largest absolute Gasteiger partial charge is 0.478 e. The Morgan fingerprint density at radius 1 is 1.21 bits per heavy atom. The van der Waals surface area contributed by atoms with Crippen LogP contribution in [0.1, 0.15) is 15.9 Å². The van der Waals surface area contributed by atoms with Crippen molar-refractivity contribution in [3.8, 4) is 0 Å². The van der Waals surface area contributed by atoms with E-state index >= 15 is 0 Å². The highest BCUT2D eigenvalue weighted by Gasteiger charge is 2.06. The molecule has 5 heteroatoms. The average Bonchev–Trinajstić information content (AvgIpc) is 2.39. The zero-order chi connectivity index (χ0) is 13.7. The van der Waals surface area contributed by atoms with Crippen molar-refractivity contribution in [1.82, 2.24) is 0 Å². The second-order valence-electron chi connectivity index (χ2n) is 3.77. The summed E-state index contributed by atoms with van der Waals surface area (Å²) in [6.45, 7) is 0. The van der Waals surface area contributed by atoms with E-state index in [9.17, 15) is 4.79 Å². The fourth-order valence-corrected chi connectivity index (χ4v) is 1.73. The van der Waals surface area contributed by atoms with Crippen molar-refractivity contribution in [1.29, 1.82) is 0 Å². The van der Waals surface area contributed by atoms with Crippen LogP contribution < -0.4 is 5.43 Å². The fraction of sp³-hybridized carbons (Fsp3) is 0. The van der Waals surface area contributed by atoms with Crippen molar-refractivity contribution in [2.75, 3.05) is 5.43 Å². The maximum absolute atomic E-state index is 11.0. The molecule has 0 bridgehead atoms. The summed E-state index contributed by atoms with van der Waals surface area (Å²) in [6.07, 6.45) is 1.46. The smallest absolute Gasteiger partial charge is 0.336 e. The molecule has 2 aromatic carbocycles. The number of halogens is 1. The summed E-state index contributed by atoms with van der Waals surface area (Å²) in [5.41, 5.74) is 4.26. The first-order valence-electron chi connectivity index (χ1n) is 5.54. The molecule has 0 aliphatic heterocycles. The highest BCUT2D eigenvalue weighted by Crippen LogP contribution is 2.14. The average molecular weight is 275 g/mol. The van der Waals surface area contributed by atoms with E-state index in [-0.39, 0.29) is 5.56 Å². The number of nitrogens with one attached hydrogen (secondary N) is 1. The number of carboxylic acid groups (broad SMARTS) is 1. The van der Waals surface area contributed by atoms with Gasteiger partial charge in [0.05, 0.1) is 17.5 Å². The molecule has 0 radical (unpaired) electrons. The number of anilines is 1. The SMILES string of the molecule is O=C(O)c1ccccc1C=NNc1cccc(Cl)c1. The molecule has 0 spiro atoms.